The van der Waals surface area contributed by atoms with E-state index in [1.54, 1.807) is 43.5 Å². The summed E-state index contributed by atoms with van der Waals surface area (Å²) in [6.45, 7) is 0.576. The van der Waals surface area contributed by atoms with Crippen molar-refractivity contribution in [2.45, 2.75) is 6.42 Å². The van der Waals surface area contributed by atoms with Crippen molar-refractivity contribution in [3.05, 3.63) is 53.9 Å². The molecule has 21 heavy (non-hydrogen) atoms. The van der Waals surface area contributed by atoms with Gasteiger partial charge in [0, 0.05) is 37.6 Å². The minimum absolute atomic E-state index is 0.123. The molecule has 5 nitrogen and oxygen atoms in total. The third kappa shape index (κ3) is 3.72. The van der Waals surface area contributed by atoms with Crippen molar-refractivity contribution in [1.82, 2.24) is 9.88 Å². The van der Waals surface area contributed by atoms with Crippen LogP contribution in [0.15, 0.2) is 42.6 Å². The van der Waals surface area contributed by atoms with Crippen LogP contribution in [-0.2, 0) is 6.42 Å². The predicted octanol–water partition coefficient (Wildman–Crippen LogP) is 1.99. The SMILES string of the molecule is COc1ccc(N)c(C(=O)N(C)CCc2ccccn2)c1. The average molecular weight is 285 g/mol. The van der Waals surface area contributed by atoms with E-state index in [1.165, 1.54) is 0 Å². The lowest BCUT2D eigenvalue weighted by atomic mass is 10.1. The Hall–Kier alpha value is -2.56. The van der Waals surface area contributed by atoms with Gasteiger partial charge in [-0.15, -0.1) is 0 Å². The molecule has 1 amide bonds. The first-order valence-electron chi connectivity index (χ1n) is 6.70. The number of benzene rings is 1. The molecule has 0 saturated carbocycles. The summed E-state index contributed by atoms with van der Waals surface area (Å²) in [6, 6.07) is 10.8. The first-order chi connectivity index (χ1) is 10.1. The maximum Gasteiger partial charge on any atom is 0.255 e. The monoisotopic (exact) mass is 285 g/mol. The maximum atomic E-state index is 12.4. The topological polar surface area (TPSA) is 68.5 Å². The number of hydrogen-bond donors (Lipinski definition) is 1. The Morgan fingerprint density at radius 3 is 2.81 bits per heavy atom. The van der Waals surface area contributed by atoms with Crippen LogP contribution in [0.1, 0.15) is 16.1 Å². The molecule has 0 saturated heterocycles. The highest BCUT2D eigenvalue weighted by atomic mass is 16.5. The van der Waals surface area contributed by atoms with Gasteiger partial charge in [0.15, 0.2) is 0 Å². The van der Waals surface area contributed by atoms with Crippen molar-refractivity contribution in [2.24, 2.45) is 0 Å². The van der Waals surface area contributed by atoms with Crippen molar-refractivity contribution in [2.75, 3.05) is 26.4 Å². The van der Waals surface area contributed by atoms with Crippen LogP contribution in [0.25, 0.3) is 0 Å². The number of methoxy groups -OCH3 is 1. The Kier molecular flexibility index (Phi) is 4.77. The molecule has 1 heterocycles. The number of rotatable bonds is 5. The first-order valence-corrected chi connectivity index (χ1v) is 6.70. The van der Waals surface area contributed by atoms with Crippen molar-refractivity contribution < 1.29 is 9.53 Å². The molecule has 2 aromatic rings. The molecule has 0 aliphatic carbocycles. The van der Waals surface area contributed by atoms with Crippen LogP contribution in [0.3, 0.4) is 0 Å². The second-order valence-electron chi connectivity index (χ2n) is 4.75. The fourth-order valence-corrected chi connectivity index (χ4v) is 1.98. The summed E-state index contributed by atoms with van der Waals surface area (Å²) >= 11 is 0. The molecular formula is C16H19N3O2. The summed E-state index contributed by atoms with van der Waals surface area (Å²) in [4.78, 5) is 18.3. The van der Waals surface area contributed by atoms with Crippen LogP contribution in [0.2, 0.25) is 0 Å². The van der Waals surface area contributed by atoms with Crippen LogP contribution in [0.4, 0.5) is 5.69 Å². The van der Waals surface area contributed by atoms with Gasteiger partial charge in [-0.2, -0.15) is 0 Å². The van der Waals surface area contributed by atoms with Gasteiger partial charge in [0.25, 0.3) is 5.91 Å². The molecule has 0 radical (unpaired) electrons. The molecule has 2 N–H and O–H groups in total. The number of ether oxygens (including phenoxy) is 1. The summed E-state index contributed by atoms with van der Waals surface area (Å²) in [5.74, 6) is 0.494. The van der Waals surface area contributed by atoms with Gasteiger partial charge in [-0.05, 0) is 30.3 Å². The zero-order valence-electron chi connectivity index (χ0n) is 12.2. The second-order valence-corrected chi connectivity index (χ2v) is 4.75. The molecule has 2 rings (SSSR count). The number of nitrogens with zero attached hydrogens (tertiary/aromatic N) is 2. The molecule has 110 valence electrons. The van der Waals surface area contributed by atoms with Crippen LogP contribution < -0.4 is 10.5 Å². The Labute approximate surface area is 124 Å². The summed E-state index contributed by atoms with van der Waals surface area (Å²) < 4.78 is 5.13. The summed E-state index contributed by atoms with van der Waals surface area (Å²) in [7, 11) is 3.31. The molecule has 0 spiro atoms. The number of carbonyl (C=O) groups excluding carboxylic acids is 1. The van der Waals surface area contributed by atoms with Crippen LogP contribution in [-0.4, -0.2) is 36.5 Å². The number of aromatic nitrogens is 1. The van der Waals surface area contributed by atoms with Crippen molar-refractivity contribution in [1.29, 1.82) is 0 Å². The van der Waals surface area contributed by atoms with E-state index in [4.69, 9.17) is 10.5 Å². The Morgan fingerprint density at radius 2 is 2.14 bits per heavy atom. The van der Waals surface area contributed by atoms with Gasteiger partial charge in [0.2, 0.25) is 0 Å². The average Bonchev–Trinajstić information content (AvgIpc) is 2.53. The van der Waals surface area contributed by atoms with Gasteiger partial charge >= 0.3 is 0 Å². The highest BCUT2D eigenvalue weighted by Crippen LogP contribution is 2.20. The Balaban J connectivity index is 2.05. The molecule has 0 atom stereocenters. The molecule has 0 unspecified atom stereocenters. The van der Waals surface area contributed by atoms with Crippen molar-refractivity contribution >= 4 is 11.6 Å². The smallest absolute Gasteiger partial charge is 0.255 e. The fourth-order valence-electron chi connectivity index (χ4n) is 1.98. The van der Waals surface area contributed by atoms with E-state index in [0.717, 1.165) is 5.69 Å². The van der Waals surface area contributed by atoms with Crippen LogP contribution >= 0.6 is 0 Å². The largest absolute Gasteiger partial charge is 0.497 e. The number of pyridine rings is 1. The van der Waals surface area contributed by atoms with Crippen LogP contribution in [0, 0.1) is 0 Å². The number of amides is 1. The van der Waals surface area contributed by atoms with Gasteiger partial charge in [-0.1, -0.05) is 6.07 Å². The zero-order chi connectivity index (χ0) is 15.2. The molecule has 0 fully saturated rings. The van der Waals surface area contributed by atoms with Crippen molar-refractivity contribution in [3.63, 3.8) is 0 Å². The number of likely N-dealkylation sites (N-methyl/N-ethyl adjacent to an activating group) is 1. The Bertz CT molecular complexity index is 614. The molecule has 0 bridgehead atoms. The van der Waals surface area contributed by atoms with E-state index in [9.17, 15) is 4.79 Å². The van der Waals surface area contributed by atoms with Crippen LogP contribution in [0.5, 0.6) is 5.75 Å². The number of nitrogens with two attached hydrogens (primary N) is 1. The highest BCUT2D eigenvalue weighted by Gasteiger charge is 2.15. The summed E-state index contributed by atoms with van der Waals surface area (Å²) in [6.07, 6.45) is 2.45. The van der Waals surface area contributed by atoms with E-state index in [-0.39, 0.29) is 5.91 Å². The van der Waals surface area contributed by atoms with E-state index in [0.29, 0.717) is 30.0 Å². The third-order valence-electron chi connectivity index (χ3n) is 3.27. The van der Waals surface area contributed by atoms with Gasteiger partial charge in [0.05, 0.1) is 12.7 Å². The lowest BCUT2D eigenvalue weighted by molar-refractivity contribution is 0.0797. The quantitative estimate of drug-likeness (QED) is 0.853. The second kappa shape index (κ2) is 6.74. The molecule has 1 aromatic carbocycles. The number of nitrogen functional groups attached to an aromatic ring is 1. The fraction of sp³-hybridized carbons (Fsp3) is 0.250. The van der Waals surface area contributed by atoms with Gasteiger partial charge in [-0.3, -0.25) is 9.78 Å². The Morgan fingerprint density at radius 1 is 1.33 bits per heavy atom. The van der Waals surface area contributed by atoms with E-state index in [1.807, 2.05) is 18.2 Å². The lowest BCUT2D eigenvalue weighted by Crippen LogP contribution is -2.29. The number of hydrogen-bond acceptors (Lipinski definition) is 4. The van der Waals surface area contributed by atoms with Crippen molar-refractivity contribution in [3.8, 4) is 5.75 Å². The first kappa shape index (κ1) is 14.8. The number of anilines is 1. The molecule has 0 aliphatic heterocycles. The third-order valence-corrected chi connectivity index (χ3v) is 3.27. The minimum Gasteiger partial charge on any atom is -0.497 e. The lowest BCUT2D eigenvalue weighted by Gasteiger charge is -2.18. The molecule has 5 heteroatoms. The predicted molar refractivity (Wildman–Crippen MR) is 82.3 cm³/mol. The van der Waals surface area contributed by atoms with Gasteiger partial charge < -0.3 is 15.4 Å². The molecular weight excluding hydrogens is 266 g/mol. The zero-order valence-corrected chi connectivity index (χ0v) is 12.2. The summed E-state index contributed by atoms with van der Waals surface area (Å²) in [5, 5.41) is 0. The van der Waals surface area contributed by atoms with E-state index < -0.39 is 0 Å². The standard InChI is InChI=1S/C16H19N3O2/c1-19(10-8-12-5-3-4-9-18-12)16(20)14-11-13(21-2)6-7-15(14)17/h3-7,9,11H,8,10,17H2,1-2H3. The maximum absolute atomic E-state index is 12.4. The molecule has 1 aromatic heterocycles. The van der Waals surface area contributed by atoms with E-state index in [2.05, 4.69) is 4.98 Å². The normalized spacial score (nSPS) is 10.2. The van der Waals surface area contributed by atoms with Gasteiger partial charge in [-0.25, -0.2) is 0 Å². The number of carbonyl (C=O) groups is 1. The highest BCUT2D eigenvalue weighted by molar-refractivity contribution is 5.99. The summed E-state index contributed by atoms with van der Waals surface area (Å²) in [5.41, 5.74) is 7.74. The molecule has 0 aliphatic rings. The minimum atomic E-state index is -0.123. The van der Waals surface area contributed by atoms with Gasteiger partial charge in [0.1, 0.15) is 5.75 Å². The van der Waals surface area contributed by atoms with E-state index >= 15 is 0 Å².